The van der Waals surface area contributed by atoms with Crippen molar-refractivity contribution in [1.82, 2.24) is 20.3 Å². The van der Waals surface area contributed by atoms with Crippen LogP contribution in [-0.4, -0.2) is 38.5 Å². The van der Waals surface area contributed by atoms with Gasteiger partial charge in [-0.2, -0.15) is 0 Å². The van der Waals surface area contributed by atoms with Gasteiger partial charge in [0, 0.05) is 6.54 Å². The Morgan fingerprint density at radius 2 is 2.21 bits per heavy atom. The lowest BCUT2D eigenvalue weighted by atomic mass is 10.1. The molecule has 0 aliphatic rings. The molecule has 2 aromatic rings. The van der Waals surface area contributed by atoms with Crippen molar-refractivity contribution < 1.29 is 14.7 Å². The van der Waals surface area contributed by atoms with Crippen LogP contribution in [0.1, 0.15) is 30.2 Å². The first-order chi connectivity index (χ1) is 9.06. The number of hydrogen-bond donors (Lipinski definition) is 2. The summed E-state index contributed by atoms with van der Waals surface area (Å²) < 4.78 is 1.34. The summed E-state index contributed by atoms with van der Waals surface area (Å²) in [5, 5.41) is 19.6. The molecule has 2 rings (SSSR count). The summed E-state index contributed by atoms with van der Waals surface area (Å²) in [5.41, 5.74) is 0.892. The van der Waals surface area contributed by atoms with Gasteiger partial charge >= 0.3 is 5.97 Å². The molecule has 0 saturated heterocycles. The van der Waals surface area contributed by atoms with Gasteiger partial charge in [0.15, 0.2) is 0 Å². The zero-order valence-corrected chi connectivity index (χ0v) is 10.6. The first kappa shape index (κ1) is 13.0. The average molecular weight is 262 g/mol. The molecule has 1 aromatic carbocycles. The topological polar surface area (TPSA) is 97.1 Å². The summed E-state index contributed by atoms with van der Waals surface area (Å²) in [6.45, 7) is 3.96. The van der Waals surface area contributed by atoms with Crippen LogP contribution in [0.2, 0.25) is 0 Å². The molecule has 0 fully saturated rings. The van der Waals surface area contributed by atoms with Gasteiger partial charge in [0.2, 0.25) is 5.91 Å². The van der Waals surface area contributed by atoms with E-state index in [2.05, 4.69) is 15.6 Å². The van der Waals surface area contributed by atoms with E-state index in [0.717, 1.165) is 0 Å². The van der Waals surface area contributed by atoms with Crippen LogP contribution in [0.15, 0.2) is 18.2 Å². The number of benzene rings is 1. The van der Waals surface area contributed by atoms with Crippen molar-refractivity contribution in [2.45, 2.75) is 19.9 Å². The van der Waals surface area contributed by atoms with Crippen LogP contribution in [0.5, 0.6) is 0 Å². The smallest absolute Gasteiger partial charge is 0.337 e. The minimum atomic E-state index is -1.07. The molecular formula is C12H14N4O3. The minimum absolute atomic E-state index is 0.0821. The molecule has 19 heavy (non-hydrogen) atoms. The molecule has 100 valence electrons. The third-order valence-corrected chi connectivity index (χ3v) is 2.82. The first-order valence-corrected chi connectivity index (χ1v) is 5.91. The number of carbonyl (C=O) groups is 2. The van der Waals surface area contributed by atoms with Crippen LogP contribution in [0, 0.1) is 0 Å². The third-order valence-electron chi connectivity index (χ3n) is 2.82. The van der Waals surface area contributed by atoms with Gasteiger partial charge in [-0.1, -0.05) is 11.3 Å². The Balaban J connectivity index is 2.55. The SMILES string of the molecule is CCNC(=O)C(C)n1nnc2cccc(C(=O)O)c21. The maximum absolute atomic E-state index is 11.8. The number of nitrogens with zero attached hydrogens (tertiary/aromatic N) is 3. The number of nitrogens with one attached hydrogen (secondary N) is 1. The second-order valence-corrected chi connectivity index (χ2v) is 4.08. The Morgan fingerprint density at radius 3 is 2.84 bits per heavy atom. The van der Waals surface area contributed by atoms with Crippen molar-refractivity contribution in [3.05, 3.63) is 23.8 Å². The molecular weight excluding hydrogens is 248 g/mol. The van der Waals surface area contributed by atoms with Crippen LogP contribution >= 0.6 is 0 Å². The lowest BCUT2D eigenvalue weighted by molar-refractivity contribution is -0.123. The van der Waals surface area contributed by atoms with E-state index in [1.54, 1.807) is 19.1 Å². The maximum atomic E-state index is 11.8. The van der Waals surface area contributed by atoms with Crippen molar-refractivity contribution in [3.63, 3.8) is 0 Å². The molecule has 7 heteroatoms. The van der Waals surface area contributed by atoms with Gasteiger partial charge in [-0.05, 0) is 26.0 Å². The lowest BCUT2D eigenvalue weighted by Crippen LogP contribution is -2.31. The number of fused-ring (bicyclic) bond motifs is 1. The number of carbonyl (C=O) groups excluding carboxylic acids is 1. The summed E-state index contributed by atoms with van der Waals surface area (Å²) in [7, 11) is 0. The summed E-state index contributed by atoms with van der Waals surface area (Å²) in [4.78, 5) is 23.0. The summed E-state index contributed by atoms with van der Waals surface area (Å²) in [6, 6.07) is 4.11. The predicted molar refractivity (Wildman–Crippen MR) is 67.9 cm³/mol. The normalized spacial score (nSPS) is 12.3. The van der Waals surface area contributed by atoms with E-state index >= 15 is 0 Å². The molecule has 7 nitrogen and oxygen atoms in total. The van der Waals surface area contributed by atoms with Crippen LogP contribution in [-0.2, 0) is 4.79 Å². The Morgan fingerprint density at radius 1 is 1.47 bits per heavy atom. The van der Waals surface area contributed by atoms with Gasteiger partial charge in [0.1, 0.15) is 17.1 Å². The quantitative estimate of drug-likeness (QED) is 0.850. The highest BCUT2D eigenvalue weighted by molar-refractivity contribution is 6.01. The van der Waals surface area contributed by atoms with Crippen molar-refractivity contribution >= 4 is 22.9 Å². The molecule has 1 aromatic heterocycles. The lowest BCUT2D eigenvalue weighted by Gasteiger charge is -2.12. The number of hydrogen-bond acceptors (Lipinski definition) is 4. The van der Waals surface area contributed by atoms with Crippen molar-refractivity contribution in [1.29, 1.82) is 0 Å². The number of para-hydroxylation sites is 1. The zero-order chi connectivity index (χ0) is 14.0. The summed E-state index contributed by atoms with van der Waals surface area (Å²) in [6.07, 6.45) is 0. The standard InChI is InChI=1S/C12H14N4O3/c1-3-13-11(17)7(2)16-10-8(12(18)19)5-4-6-9(10)14-15-16/h4-7H,3H2,1-2H3,(H,13,17)(H,18,19). The molecule has 0 aliphatic heterocycles. The largest absolute Gasteiger partial charge is 0.478 e. The van der Waals surface area contributed by atoms with E-state index in [4.69, 9.17) is 0 Å². The second-order valence-electron chi connectivity index (χ2n) is 4.08. The van der Waals surface area contributed by atoms with Crippen LogP contribution in [0.3, 0.4) is 0 Å². The van der Waals surface area contributed by atoms with Crippen molar-refractivity contribution in [2.24, 2.45) is 0 Å². The molecule has 1 heterocycles. The fourth-order valence-electron chi connectivity index (χ4n) is 1.87. The molecule has 2 N–H and O–H groups in total. The number of likely N-dealkylation sites (N-methyl/N-ethyl adjacent to an activating group) is 1. The number of aromatic nitrogens is 3. The Bertz CT molecular complexity index is 635. The van der Waals surface area contributed by atoms with E-state index < -0.39 is 12.0 Å². The number of carboxylic acid groups (broad SMARTS) is 1. The van der Waals surface area contributed by atoms with Crippen LogP contribution in [0.4, 0.5) is 0 Å². The highest BCUT2D eigenvalue weighted by atomic mass is 16.4. The molecule has 1 unspecified atom stereocenters. The van der Waals surface area contributed by atoms with Crippen molar-refractivity contribution in [3.8, 4) is 0 Å². The Kier molecular flexibility index (Phi) is 3.46. The molecule has 0 bridgehead atoms. The van der Waals surface area contributed by atoms with Crippen LogP contribution in [0.25, 0.3) is 11.0 Å². The van der Waals surface area contributed by atoms with E-state index in [-0.39, 0.29) is 11.5 Å². The van der Waals surface area contributed by atoms with E-state index in [9.17, 15) is 14.7 Å². The average Bonchev–Trinajstić information content (AvgIpc) is 2.81. The molecule has 1 amide bonds. The molecule has 0 spiro atoms. The second kappa shape index (κ2) is 5.05. The molecule has 1 atom stereocenters. The molecule has 0 saturated carbocycles. The monoisotopic (exact) mass is 262 g/mol. The van der Waals surface area contributed by atoms with E-state index in [1.807, 2.05) is 6.92 Å². The molecule has 0 radical (unpaired) electrons. The van der Waals surface area contributed by atoms with E-state index in [0.29, 0.717) is 17.6 Å². The first-order valence-electron chi connectivity index (χ1n) is 5.91. The third kappa shape index (κ3) is 2.26. The highest BCUT2D eigenvalue weighted by Gasteiger charge is 2.21. The van der Waals surface area contributed by atoms with Gasteiger partial charge in [0.05, 0.1) is 5.56 Å². The Hall–Kier alpha value is -2.44. The number of amides is 1. The fourth-order valence-corrected chi connectivity index (χ4v) is 1.87. The highest BCUT2D eigenvalue weighted by Crippen LogP contribution is 2.20. The summed E-state index contributed by atoms with van der Waals surface area (Å²) in [5.74, 6) is -1.30. The van der Waals surface area contributed by atoms with Gasteiger partial charge in [0.25, 0.3) is 0 Å². The summed E-state index contributed by atoms with van der Waals surface area (Å²) >= 11 is 0. The van der Waals surface area contributed by atoms with Gasteiger partial charge in [-0.15, -0.1) is 5.10 Å². The van der Waals surface area contributed by atoms with Gasteiger partial charge in [-0.25, -0.2) is 9.48 Å². The van der Waals surface area contributed by atoms with Gasteiger partial charge in [-0.3, -0.25) is 4.79 Å². The van der Waals surface area contributed by atoms with E-state index in [1.165, 1.54) is 10.7 Å². The number of aromatic carboxylic acids is 1. The maximum Gasteiger partial charge on any atom is 0.337 e. The Labute approximate surface area is 109 Å². The fraction of sp³-hybridized carbons (Fsp3) is 0.333. The minimum Gasteiger partial charge on any atom is -0.478 e. The zero-order valence-electron chi connectivity index (χ0n) is 10.6. The van der Waals surface area contributed by atoms with Crippen LogP contribution < -0.4 is 5.32 Å². The molecule has 0 aliphatic carbocycles. The van der Waals surface area contributed by atoms with Crippen molar-refractivity contribution in [2.75, 3.05) is 6.54 Å². The number of rotatable bonds is 4. The number of carboxylic acids is 1. The predicted octanol–water partition coefficient (Wildman–Crippen LogP) is 0.827. The van der Waals surface area contributed by atoms with Gasteiger partial charge < -0.3 is 10.4 Å².